The third-order valence-corrected chi connectivity index (χ3v) is 8.46. The van der Waals surface area contributed by atoms with Gasteiger partial charge < -0.3 is 9.64 Å². The van der Waals surface area contributed by atoms with Crippen molar-refractivity contribution in [3.8, 4) is 0 Å². The van der Waals surface area contributed by atoms with Crippen molar-refractivity contribution in [2.75, 3.05) is 26.7 Å². The number of sulfonamides is 1. The molecule has 1 fully saturated rings. The van der Waals surface area contributed by atoms with Gasteiger partial charge in [0.1, 0.15) is 10.8 Å². The first kappa shape index (κ1) is 22.7. The number of esters is 1. The van der Waals surface area contributed by atoms with Crippen LogP contribution in [-0.4, -0.2) is 56.2 Å². The van der Waals surface area contributed by atoms with E-state index in [0.717, 1.165) is 16.9 Å². The summed E-state index contributed by atoms with van der Waals surface area (Å²) in [6.07, 6.45) is 1.14. The fraction of sp³-hybridized carbons (Fsp3) is 0.400. The number of hydrogen-bond acceptors (Lipinski definition) is 6. The molecule has 0 radical (unpaired) electrons. The first-order valence-corrected chi connectivity index (χ1v) is 12.1. The predicted octanol–water partition coefficient (Wildman–Crippen LogP) is 3.00. The maximum Gasteiger partial charge on any atom is 0.325 e. The van der Waals surface area contributed by atoms with Crippen LogP contribution in [0, 0.1) is 5.92 Å². The molecule has 1 atom stereocenters. The third-order valence-electron chi connectivity index (χ3n) is 4.97. The number of rotatable bonds is 7. The lowest BCUT2D eigenvalue weighted by molar-refractivity contribution is -0.149. The molecule has 30 heavy (non-hydrogen) atoms. The molecule has 1 aromatic carbocycles. The smallest absolute Gasteiger partial charge is 0.325 e. The van der Waals surface area contributed by atoms with Crippen LogP contribution < -0.4 is 0 Å². The van der Waals surface area contributed by atoms with Gasteiger partial charge in [-0.25, -0.2) is 8.42 Å². The number of halogens is 1. The summed E-state index contributed by atoms with van der Waals surface area (Å²) < 4.78 is 32.1. The zero-order chi connectivity index (χ0) is 21.7. The molecule has 1 aliphatic heterocycles. The van der Waals surface area contributed by atoms with Crippen LogP contribution in [0.2, 0.25) is 5.02 Å². The molecule has 7 nitrogen and oxygen atoms in total. The molecular weight excluding hydrogens is 448 g/mol. The molecule has 1 unspecified atom stereocenters. The minimum atomic E-state index is -3.63. The molecule has 2 aromatic rings. The summed E-state index contributed by atoms with van der Waals surface area (Å²) in [7, 11) is -2.36. The van der Waals surface area contributed by atoms with Gasteiger partial charge in [0.15, 0.2) is 0 Å². The van der Waals surface area contributed by atoms with Crippen LogP contribution in [-0.2, 0) is 30.9 Å². The summed E-state index contributed by atoms with van der Waals surface area (Å²) >= 11 is 7.08. The van der Waals surface area contributed by atoms with E-state index in [1.165, 1.54) is 16.3 Å². The van der Waals surface area contributed by atoms with Crippen LogP contribution in [0.15, 0.2) is 46.0 Å². The minimum Gasteiger partial charge on any atom is -0.468 e. The van der Waals surface area contributed by atoms with Crippen molar-refractivity contribution >= 4 is 44.8 Å². The Balaban J connectivity index is 1.77. The number of amides is 1. The van der Waals surface area contributed by atoms with Gasteiger partial charge in [-0.05, 0) is 42.0 Å². The second kappa shape index (κ2) is 9.91. The van der Waals surface area contributed by atoms with E-state index in [1.807, 2.05) is 0 Å². The second-order valence-electron chi connectivity index (χ2n) is 7.03. The van der Waals surface area contributed by atoms with E-state index in [0.29, 0.717) is 24.4 Å². The van der Waals surface area contributed by atoms with Crippen molar-refractivity contribution in [1.82, 2.24) is 9.21 Å². The number of thiophene rings is 1. The lowest BCUT2D eigenvalue weighted by atomic mass is 9.97. The van der Waals surface area contributed by atoms with E-state index in [1.54, 1.807) is 41.8 Å². The van der Waals surface area contributed by atoms with E-state index in [2.05, 4.69) is 0 Å². The number of methoxy groups -OCH3 is 1. The van der Waals surface area contributed by atoms with Gasteiger partial charge in [0.2, 0.25) is 5.91 Å². The number of carbonyl (C=O) groups excluding carboxylic acids is 2. The van der Waals surface area contributed by atoms with Gasteiger partial charge >= 0.3 is 5.97 Å². The quantitative estimate of drug-likeness (QED) is 0.581. The fourth-order valence-corrected chi connectivity index (χ4v) is 6.19. The molecule has 0 saturated carbocycles. The van der Waals surface area contributed by atoms with E-state index in [4.69, 9.17) is 16.3 Å². The first-order valence-electron chi connectivity index (χ1n) is 9.45. The maximum absolute atomic E-state index is 13.3. The second-order valence-corrected chi connectivity index (χ2v) is 10.6. The van der Waals surface area contributed by atoms with Crippen molar-refractivity contribution in [2.45, 2.75) is 23.6 Å². The number of hydrogen-bond donors (Lipinski definition) is 0. The summed E-state index contributed by atoms with van der Waals surface area (Å²) in [5.74, 6) is -1.32. The Morgan fingerprint density at radius 2 is 2.00 bits per heavy atom. The molecule has 162 valence electrons. The fourth-order valence-electron chi connectivity index (χ4n) is 3.40. The molecule has 0 aliphatic carbocycles. The Kier molecular flexibility index (Phi) is 7.51. The molecule has 0 N–H and O–H groups in total. The molecule has 1 saturated heterocycles. The summed E-state index contributed by atoms with van der Waals surface area (Å²) in [5, 5.41) is 2.29. The van der Waals surface area contributed by atoms with Crippen LogP contribution in [0.3, 0.4) is 0 Å². The van der Waals surface area contributed by atoms with Crippen molar-refractivity contribution in [3.63, 3.8) is 0 Å². The molecule has 1 amide bonds. The van der Waals surface area contributed by atoms with E-state index >= 15 is 0 Å². The summed E-state index contributed by atoms with van der Waals surface area (Å²) in [6, 6.07) is 10.3. The van der Waals surface area contributed by atoms with Gasteiger partial charge in [-0.2, -0.15) is 4.31 Å². The van der Waals surface area contributed by atoms with Gasteiger partial charge in [0.25, 0.3) is 10.0 Å². The van der Waals surface area contributed by atoms with Crippen LogP contribution >= 0.6 is 22.9 Å². The SMILES string of the molecule is COC(=O)CN(Cc1ccc(Cl)cc1)C(=O)C1CCCN(S(=O)(=O)c2cccs2)C1. The normalized spacial score (nSPS) is 17.5. The largest absolute Gasteiger partial charge is 0.468 e. The van der Waals surface area contributed by atoms with Crippen molar-refractivity contribution in [1.29, 1.82) is 0 Å². The lowest BCUT2D eigenvalue weighted by Gasteiger charge is -2.34. The third kappa shape index (κ3) is 5.40. The number of ether oxygens (including phenoxy) is 1. The molecule has 0 bridgehead atoms. The molecule has 1 aliphatic rings. The standard InChI is InChI=1S/C20H23ClN2O5S2/c1-28-18(24)14-22(12-15-6-8-17(21)9-7-15)20(25)16-4-2-10-23(13-16)30(26,27)19-5-3-11-29-19/h3,5-9,11,16H,2,4,10,12-14H2,1H3. The van der Waals surface area contributed by atoms with Gasteiger partial charge in [0.05, 0.1) is 13.0 Å². The molecule has 0 spiro atoms. The molecule has 10 heteroatoms. The Labute approximate surface area is 185 Å². The van der Waals surface area contributed by atoms with Crippen molar-refractivity contribution in [2.24, 2.45) is 5.92 Å². The summed E-state index contributed by atoms with van der Waals surface area (Å²) in [5.41, 5.74) is 0.815. The molecule has 2 heterocycles. The van der Waals surface area contributed by atoms with Crippen LogP contribution in [0.5, 0.6) is 0 Å². The highest BCUT2D eigenvalue weighted by atomic mass is 35.5. The first-order chi connectivity index (χ1) is 14.3. The molecule has 3 rings (SSSR count). The van der Waals surface area contributed by atoms with Crippen LogP contribution in [0.1, 0.15) is 18.4 Å². The number of benzene rings is 1. The van der Waals surface area contributed by atoms with Crippen LogP contribution in [0.25, 0.3) is 0 Å². The monoisotopic (exact) mass is 470 g/mol. The number of nitrogens with zero attached hydrogens (tertiary/aromatic N) is 2. The molecular formula is C20H23ClN2O5S2. The lowest BCUT2D eigenvalue weighted by Crippen LogP contribution is -2.47. The van der Waals surface area contributed by atoms with E-state index in [9.17, 15) is 18.0 Å². The molecule has 1 aromatic heterocycles. The van der Waals surface area contributed by atoms with Crippen LogP contribution in [0.4, 0.5) is 0 Å². The Bertz CT molecular complexity index is 977. The van der Waals surface area contributed by atoms with Gasteiger partial charge in [-0.3, -0.25) is 9.59 Å². The van der Waals surface area contributed by atoms with Gasteiger partial charge in [0, 0.05) is 24.7 Å². The van der Waals surface area contributed by atoms with Gasteiger partial charge in [-0.1, -0.05) is 29.8 Å². The number of carbonyl (C=O) groups is 2. The average molecular weight is 471 g/mol. The Hall–Kier alpha value is -1.94. The average Bonchev–Trinajstić information content (AvgIpc) is 3.30. The highest BCUT2D eigenvalue weighted by molar-refractivity contribution is 7.91. The summed E-state index contributed by atoms with van der Waals surface area (Å²) in [4.78, 5) is 26.6. The van der Waals surface area contributed by atoms with Gasteiger partial charge in [-0.15, -0.1) is 11.3 Å². The van der Waals surface area contributed by atoms with E-state index in [-0.39, 0.29) is 29.8 Å². The Morgan fingerprint density at radius 1 is 1.27 bits per heavy atom. The Morgan fingerprint density at radius 3 is 2.63 bits per heavy atom. The highest BCUT2D eigenvalue weighted by Gasteiger charge is 2.36. The predicted molar refractivity (Wildman–Crippen MR) is 115 cm³/mol. The highest BCUT2D eigenvalue weighted by Crippen LogP contribution is 2.27. The zero-order valence-electron chi connectivity index (χ0n) is 16.5. The zero-order valence-corrected chi connectivity index (χ0v) is 18.9. The van der Waals surface area contributed by atoms with Crippen molar-refractivity contribution in [3.05, 3.63) is 52.4 Å². The maximum atomic E-state index is 13.3. The topological polar surface area (TPSA) is 84.0 Å². The summed E-state index contributed by atoms with van der Waals surface area (Å²) in [6.45, 7) is 0.473. The number of piperidine rings is 1. The van der Waals surface area contributed by atoms with E-state index < -0.39 is 21.9 Å². The van der Waals surface area contributed by atoms with Crippen molar-refractivity contribution < 1.29 is 22.7 Å². The minimum absolute atomic E-state index is 0.0946.